The summed E-state index contributed by atoms with van der Waals surface area (Å²) in [5.41, 5.74) is 1.51. The van der Waals surface area contributed by atoms with Crippen LogP contribution in [0.1, 0.15) is 19.4 Å². The Morgan fingerprint density at radius 1 is 1.04 bits per heavy atom. The normalized spacial score (nSPS) is 10.2. The molecule has 0 saturated heterocycles. The maximum atomic E-state index is 13.6. The molecule has 0 aromatic heterocycles. The topological polar surface area (TPSA) is 78.5 Å². The maximum Gasteiger partial charge on any atom is 0.224 e. The van der Waals surface area contributed by atoms with Crippen LogP contribution in [0.4, 0.5) is 15.8 Å². The molecule has 0 heterocycles. The summed E-state index contributed by atoms with van der Waals surface area (Å²) in [4.78, 5) is 36.6. The molecule has 6 nitrogen and oxygen atoms in total. The van der Waals surface area contributed by atoms with Gasteiger partial charge in [0.2, 0.25) is 17.7 Å². The van der Waals surface area contributed by atoms with E-state index in [0.29, 0.717) is 16.9 Å². The summed E-state index contributed by atoms with van der Waals surface area (Å²) in [5.74, 6) is -1.15. The average molecular weight is 371 g/mol. The number of carbonyl (C=O) groups is 3. The second-order valence-corrected chi connectivity index (χ2v) is 6.02. The Bertz CT molecular complexity index is 839. The Morgan fingerprint density at radius 2 is 1.78 bits per heavy atom. The number of amides is 3. The first-order valence-corrected chi connectivity index (χ1v) is 8.52. The number of rotatable bonds is 7. The van der Waals surface area contributed by atoms with Crippen LogP contribution in [-0.2, 0) is 20.8 Å². The van der Waals surface area contributed by atoms with Crippen molar-refractivity contribution in [3.05, 3.63) is 59.9 Å². The van der Waals surface area contributed by atoms with E-state index < -0.39 is 5.82 Å². The third-order valence-electron chi connectivity index (χ3n) is 3.82. The Morgan fingerprint density at radius 3 is 2.44 bits per heavy atom. The summed E-state index contributed by atoms with van der Waals surface area (Å²) < 4.78 is 13.6. The molecule has 2 aromatic carbocycles. The average Bonchev–Trinajstić information content (AvgIpc) is 2.60. The fourth-order valence-corrected chi connectivity index (χ4v) is 2.61. The van der Waals surface area contributed by atoms with E-state index in [9.17, 15) is 18.8 Å². The van der Waals surface area contributed by atoms with Gasteiger partial charge < -0.3 is 15.5 Å². The lowest BCUT2D eigenvalue weighted by atomic mass is 10.1. The highest BCUT2D eigenvalue weighted by atomic mass is 19.1. The van der Waals surface area contributed by atoms with Crippen LogP contribution in [0.15, 0.2) is 48.5 Å². The van der Waals surface area contributed by atoms with Crippen LogP contribution in [0.5, 0.6) is 0 Å². The second-order valence-electron chi connectivity index (χ2n) is 6.02. The lowest BCUT2D eigenvalue weighted by molar-refractivity contribution is -0.121. The molecule has 7 heteroatoms. The van der Waals surface area contributed by atoms with Gasteiger partial charge in [-0.2, -0.15) is 0 Å². The number of hydrogen-bond acceptors (Lipinski definition) is 3. The molecular formula is C20H22FN3O3. The van der Waals surface area contributed by atoms with E-state index in [2.05, 4.69) is 10.6 Å². The summed E-state index contributed by atoms with van der Waals surface area (Å²) in [6, 6.07) is 13.0. The van der Waals surface area contributed by atoms with Gasteiger partial charge in [-0.05, 0) is 29.8 Å². The van der Waals surface area contributed by atoms with E-state index in [1.165, 1.54) is 24.8 Å². The van der Waals surface area contributed by atoms with Crippen molar-refractivity contribution >= 4 is 29.1 Å². The van der Waals surface area contributed by atoms with Gasteiger partial charge in [0.05, 0.1) is 6.42 Å². The van der Waals surface area contributed by atoms with Gasteiger partial charge in [-0.3, -0.25) is 14.4 Å². The fraction of sp³-hybridized carbons (Fsp3) is 0.250. The summed E-state index contributed by atoms with van der Waals surface area (Å²) in [7, 11) is 0. The summed E-state index contributed by atoms with van der Waals surface area (Å²) in [6.07, 6.45) is -0.0647. The largest absolute Gasteiger partial charge is 0.354 e. The zero-order chi connectivity index (χ0) is 19.8. The van der Waals surface area contributed by atoms with Gasteiger partial charge >= 0.3 is 0 Å². The van der Waals surface area contributed by atoms with Gasteiger partial charge in [0.1, 0.15) is 5.82 Å². The molecule has 0 radical (unpaired) electrons. The Hall–Kier alpha value is -3.22. The highest BCUT2D eigenvalue weighted by molar-refractivity contribution is 5.94. The standard InChI is InChI=1S/C20H22FN3O3/c1-14(25)23-17-7-5-8-18(13-17)24(15(2)26)11-10-22-20(27)12-16-6-3-4-9-19(16)21/h3-9,13H,10-12H2,1-2H3,(H,22,27)(H,23,25). The van der Waals surface area contributed by atoms with Crippen molar-refractivity contribution in [3.8, 4) is 0 Å². The van der Waals surface area contributed by atoms with Crippen LogP contribution in [-0.4, -0.2) is 30.8 Å². The van der Waals surface area contributed by atoms with E-state index in [1.54, 1.807) is 42.5 Å². The Labute approximate surface area is 157 Å². The first-order valence-electron chi connectivity index (χ1n) is 8.52. The molecule has 0 spiro atoms. The summed E-state index contributed by atoms with van der Waals surface area (Å²) >= 11 is 0. The molecule has 0 atom stereocenters. The van der Waals surface area contributed by atoms with E-state index in [0.717, 1.165) is 0 Å². The monoisotopic (exact) mass is 371 g/mol. The van der Waals surface area contributed by atoms with Crippen LogP contribution >= 0.6 is 0 Å². The number of nitrogens with zero attached hydrogens (tertiary/aromatic N) is 1. The molecule has 2 N–H and O–H groups in total. The van der Waals surface area contributed by atoms with Crippen LogP contribution in [0, 0.1) is 5.82 Å². The van der Waals surface area contributed by atoms with Gasteiger partial charge in [-0.15, -0.1) is 0 Å². The molecule has 0 unspecified atom stereocenters. The second kappa shape index (κ2) is 9.47. The molecular weight excluding hydrogens is 349 g/mol. The van der Waals surface area contributed by atoms with Gasteiger partial charge in [0.25, 0.3) is 0 Å². The number of benzene rings is 2. The van der Waals surface area contributed by atoms with Crippen LogP contribution < -0.4 is 15.5 Å². The molecule has 0 aliphatic carbocycles. The van der Waals surface area contributed by atoms with Gasteiger partial charge in [-0.1, -0.05) is 24.3 Å². The zero-order valence-electron chi connectivity index (χ0n) is 15.3. The number of anilines is 2. The molecule has 2 rings (SSSR count). The predicted octanol–water partition coefficient (Wildman–Crippen LogP) is 2.50. The Kier molecular flexibility index (Phi) is 7.05. The molecule has 142 valence electrons. The number of halogens is 1. The molecule has 0 saturated carbocycles. The Balaban J connectivity index is 1.95. The van der Waals surface area contributed by atoms with E-state index in [1.807, 2.05) is 0 Å². The lowest BCUT2D eigenvalue weighted by Gasteiger charge is -2.22. The molecule has 0 bridgehead atoms. The first-order chi connectivity index (χ1) is 12.9. The molecule has 0 fully saturated rings. The number of nitrogens with one attached hydrogen (secondary N) is 2. The molecule has 0 aliphatic rings. The maximum absolute atomic E-state index is 13.6. The van der Waals surface area contributed by atoms with Crippen LogP contribution in [0.3, 0.4) is 0 Å². The van der Waals surface area contributed by atoms with Crippen LogP contribution in [0.25, 0.3) is 0 Å². The summed E-state index contributed by atoms with van der Waals surface area (Å²) in [5, 5.41) is 5.35. The first kappa shape index (κ1) is 20.1. The molecule has 2 aromatic rings. The molecule has 0 aliphatic heterocycles. The van der Waals surface area contributed by atoms with Gasteiger partial charge in [0.15, 0.2) is 0 Å². The van der Waals surface area contributed by atoms with Crippen molar-refractivity contribution in [1.82, 2.24) is 5.32 Å². The lowest BCUT2D eigenvalue weighted by Crippen LogP contribution is -2.38. The van der Waals surface area contributed by atoms with E-state index in [4.69, 9.17) is 0 Å². The van der Waals surface area contributed by atoms with Crippen molar-refractivity contribution < 1.29 is 18.8 Å². The summed E-state index contributed by atoms with van der Waals surface area (Å²) in [6.45, 7) is 3.30. The van der Waals surface area contributed by atoms with Crippen molar-refractivity contribution in [2.45, 2.75) is 20.3 Å². The smallest absolute Gasteiger partial charge is 0.224 e. The van der Waals surface area contributed by atoms with Gasteiger partial charge in [-0.25, -0.2) is 4.39 Å². The van der Waals surface area contributed by atoms with Crippen LogP contribution in [0.2, 0.25) is 0 Å². The van der Waals surface area contributed by atoms with Crippen molar-refractivity contribution in [2.24, 2.45) is 0 Å². The zero-order valence-corrected chi connectivity index (χ0v) is 15.3. The van der Waals surface area contributed by atoms with Crippen molar-refractivity contribution in [3.63, 3.8) is 0 Å². The minimum Gasteiger partial charge on any atom is -0.354 e. The molecule has 3 amide bonds. The quantitative estimate of drug-likeness (QED) is 0.785. The fourth-order valence-electron chi connectivity index (χ4n) is 2.61. The predicted molar refractivity (Wildman–Crippen MR) is 102 cm³/mol. The highest BCUT2D eigenvalue weighted by Gasteiger charge is 2.13. The van der Waals surface area contributed by atoms with Crippen molar-refractivity contribution in [2.75, 3.05) is 23.3 Å². The third-order valence-corrected chi connectivity index (χ3v) is 3.82. The van der Waals surface area contributed by atoms with Gasteiger partial charge in [0, 0.05) is 38.3 Å². The number of carbonyl (C=O) groups excluding carboxylic acids is 3. The van der Waals surface area contributed by atoms with Crippen molar-refractivity contribution in [1.29, 1.82) is 0 Å². The van der Waals surface area contributed by atoms with E-state index >= 15 is 0 Å². The van der Waals surface area contributed by atoms with E-state index in [-0.39, 0.29) is 37.2 Å². The minimum absolute atomic E-state index is 0.0647. The molecule has 27 heavy (non-hydrogen) atoms. The number of hydrogen-bond donors (Lipinski definition) is 2. The minimum atomic E-state index is -0.423. The highest BCUT2D eigenvalue weighted by Crippen LogP contribution is 2.19. The SMILES string of the molecule is CC(=O)Nc1cccc(N(CCNC(=O)Cc2ccccc2F)C(C)=O)c1. The third kappa shape index (κ3) is 6.22.